The predicted molar refractivity (Wildman–Crippen MR) is 98.8 cm³/mol. The van der Waals surface area contributed by atoms with Gasteiger partial charge in [-0.1, -0.05) is 24.3 Å². The molecule has 0 unspecified atom stereocenters. The van der Waals surface area contributed by atoms with Crippen molar-refractivity contribution in [3.05, 3.63) is 60.3 Å². The summed E-state index contributed by atoms with van der Waals surface area (Å²) in [6, 6.07) is 13.3. The Morgan fingerprint density at radius 3 is 2.69 bits per heavy atom. The first kappa shape index (κ1) is 17.8. The van der Waals surface area contributed by atoms with Crippen LogP contribution in [0.15, 0.2) is 59.6 Å². The van der Waals surface area contributed by atoms with Gasteiger partial charge in [0.05, 0.1) is 22.7 Å². The molecule has 0 aliphatic carbocycles. The number of sulfonamides is 1. The number of anilines is 2. The number of nitrogens with two attached hydrogens (primary N) is 1. The molecule has 0 amide bonds. The lowest BCUT2D eigenvalue weighted by Crippen LogP contribution is -2.12. The SMILES string of the molecule is CCOC(=O)c1cnc2ccccc2c1Nc1cccc(S(N)(=O)=O)c1. The quantitative estimate of drug-likeness (QED) is 0.667. The molecular weight excluding hydrogens is 354 g/mol. The van der Waals surface area contributed by atoms with Gasteiger partial charge in [-0.3, -0.25) is 4.98 Å². The van der Waals surface area contributed by atoms with Crippen molar-refractivity contribution in [1.29, 1.82) is 0 Å². The molecule has 0 saturated heterocycles. The van der Waals surface area contributed by atoms with E-state index in [1.807, 2.05) is 24.3 Å². The minimum absolute atomic E-state index is 0.0291. The maximum atomic E-state index is 12.3. The van der Waals surface area contributed by atoms with Gasteiger partial charge in [0.2, 0.25) is 10.0 Å². The average molecular weight is 371 g/mol. The molecule has 7 nitrogen and oxygen atoms in total. The van der Waals surface area contributed by atoms with Crippen molar-refractivity contribution in [3.63, 3.8) is 0 Å². The molecule has 26 heavy (non-hydrogen) atoms. The van der Waals surface area contributed by atoms with E-state index in [0.29, 0.717) is 22.3 Å². The van der Waals surface area contributed by atoms with Gasteiger partial charge in [0, 0.05) is 17.3 Å². The third-order valence-electron chi connectivity index (χ3n) is 3.70. The van der Waals surface area contributed by atoms with Gasteiger partial charge < -0.3 is 10.1 Å². The fourth-order valence-electron chi connectivity index (χ4n) is 2.53. The summed E-state index contributed by atoms with van der Waals surface area (Å²) in [5.74, 6) is -0.518. The maximum absolute atomic E-state index is 12.3. The smallest absolute Gasteiger partial charge is 0.341 e. The number of carbonyl (C=O) groups excluding carboxylic acids is 1. The van der Waals surface area contributed by atoms with E-state index in [-0.39, 0.29) is 17.1 Å². The molecule has 0 fully saturated rings. The summed E-state index contributed by atoms with van der Waals surface area (Å²) in [5.41, 5.74) is 1.90. The molecule has 0 saturated carbocycles. The summed E-state index contributed by atoms with van der Waals surface area (Å²) in [6.45, 7) is 1.95. The monoisotopic (exact) mass is 371 g/mol. The third kappa shape index (κ3) is 3.66. The molecule has 0 radical (unpaired) electrons. The van der Waals surface area contributed by atoms with E-state index >= 15 is 0 Å². The number of benzene rings is 2. The normalized spacial score (nSPS) is 11.3. The Labute approximate surface area is 150 Å². The molecule has 3 N–H and O–H groups in total. The summed E-state index contributed by atoms with van der Waals surface area (Å²) < 4.78 is 28.3. The van der Waals surface area contributed by atoms with Crippen LogP contribution in [-0.2, 0) is 14.8 Å². The van der Waals surface area contributed by atoms with Gasteiger partial charge in [-0.05, 0) is 31.2 Å². The Kier molecular flexibility index (Phi) is 4.88. The maximum Gasteiger partial charge on any atom is 0.341 e. The second-order valence-corrected chi connectivity index (χ2v) is 7.04. The van der Waals surface area contributed by atoms with Crippen LogP contribution in [0.25, 0.3) is 10.9 Å². The van der Waals surface area contributed by atoms with Gasteiger partial charge in [0.15, 0.2) is 0 Å². The van der Waals surface area contributed by atoms with Crippen LogP contribution >= 0.6 is 0 Å². The number of hydrogen-bond acceptors (Lipinski definition) is 6. The number of hydrogen-bond donors (Lipinski definition) is 2. The van der Waals surface area contributed by atoms with Crippen molar-refractivity contribution in [1.82, 2.24) is 4.98 Å². The Balaban J connectivity index is 2.14. The molecule has 3 aromatic rings. The number of carbonyl (C=O) groups is 1. The van der Waals surface area contributed by atoms with Crippen LogP contribution in [0.1, 0.15) is 17.3 Å². The Morgan fingerprint density at radius 2 is 1.96 bits per heavy atom. The Hall–Kier alpha value is -2.97. The zero-order valence-corrected chi connectivity index (χ0v) is 14.8. The number of pyridine rings is 1. The average Bonchev–Trinajstić information content (AvgIpc) is 2.62. The molecule has 134 valence electrons. The fraction of sp³-hybridized carbons (Fsp3) is 0.111. The molecule has 0 bridgehead atoms. The molecule has 0 aliphatic rings. The van der Waals surface area contributed by atoms with Gasteiger partial charge in [0.1, 0.15) is 5.56 Å². The lowest BCUT2D eigenvalue weighted by atomic mass is 10.1. The van der Waals surface area contributed by atoms with E-state index in [1.165, 1.54) is 18.3 Å². The van der Waals surface area contributed by atoms with Crippen LogP contribution in [0, 0.1) is 0 Å². The van der Waals surface area contributed by atoms with Crippen molar-refractivity contribution in [2.75, 3.05) is 11.9 Å². The van der Waals surface area contributed by atoms with Gasteiger partial charge in [0.25, 0.3) is 0 Å². The van der Waals surface area contributed by atoms with Crippen LogP contribution < -0.4 is 10.5 Å². The van der Waals surface area contributed by atoms with Crippen molar-refractivity contribution < 1.29 is 17.9 Å². The standard InChI is InChI=1S/C18H17N3O4S/c1-2-25-18(22)15-11-20-16-9-4-3-8-14(16)17(15)21-12-6-5-7-13(10-12)26(19,23)24/h3-11H,2H2,1H3,(H,20,21)(H2,19,23,24). The third-order valence-corrected chi connectivity index (χ3v) is 4.61. The highest BCUT2D eigenvalue weighted by Crippen LogP contribution is 2.30. The summed E-state index contributed by atoms with van der Waals surface area (Å²) in [6.07, 6.45) is 1.44. The van der Waals surface area contributed by atoms with E-state index in [0.717, 1.165) is 0 Å². The first-order chi connectivity index (χ1) is 12.4. The molecule has 3 rings (SSSR count). The molecule has 0 aliphatic heterocycles. The van der Waals surface area contributed by atoms with Crippen molar-refractivity contribution >= 4 is 38.3 Å². The molecular formula is C18H17N3O4S. The molecule has 1 heterocycles. The van der Waals surface area contributed by atoms with Crippen LogP contribution in [0.2, 0.25) is 0 Å². The van der Waals surface area contributed by atoms with E-state index < -0.39 is 16.0 Å². The first-order valence-electron chi connectivity index (χ1n) is 7.85. The van der Waals surface area contributed by atoms with Crippen molar-refractivity contribution in [2.45, 2.75) is 11.8 Å². The highest BCUT2D eigenvalue weighted by atomic mass is 32.2. The number of para-hydroxylation sites is 1. The largest absolute Gasteiger partial charge is 0.462 e. The first-order valence-corrected chi connectivity index (χ1v) is 9.39. The number of aromatic nitrogens is 1. The van der Waals surface area contributed by atoms with Crippen molar-refractivity contribution in [2.24, 2.45) is 5.14 Å². The van der Waals surface area contributed by atoms with Crippen LogP contribution in [0.5, 0.6) is 0 Å². The molecule has 0 atom stereocenters. The summed E-state index contributed by atoms with van der Waals surface area (Å²) >= 11 is 0. The number of rotatable bonds is 5. The zero-order valence-electron chi connectivity index (χ0n) is 14.0. The van der Waals surface area contributed by atoms with E-state index in [9.17, 15) is 13.2 Å². The zero-order chi connectivity index (χ0) is 18.7. The summed E-state index contributed by atoms with van der Waals surface area (Å²) in [4.78, 5) is 16.6. The molecule has 0 spiro atoms. The predicted octanol–water partition coefficient (Wildman–Crippen LogP) is 2.80. The van der Waals surface area contributed by atoms with Gasteiger partial charge in [-0.25, -0.2) is 18.4 Å². The van der Waals surface area contributed by atoms with Gasteiger partial charge in [-0.15, -0.1) is 0 Å². The lowest BCUT2D eigenvalue weighted by Gasteiger charge is -2.14. The van der Waals surface area contributed by atoms with Crippen molar-refractivity contribution in [3.8, 4) is 0 Å². The highest BCUT2D eigenvalue weighted by molar-refractivity contribution is 7.89. The fourth-order valence-corrected chi connectivity index (χ4v) is 3.09. The number of ether oxygens (including phenoxy) is 1. The number of primary sulfonamides is 1. The number of nitrogens with one attached hydrogen (secondary N) is 1. The van der Waals surface area contributed by atoms with Crippen LogP contribution in [-0.4, -0.2) is 26.0 Å². The Morgan fingerprint density at radius 1 is 1.19 bits per heavy atom. The van der Waals surface area contributed by atoms with E-state index in [4.69, 9.17) is 9.88 Å². The molecule has 2 aromatic carbocycles. The number of nitrogens with zero attached hydrogens (tertiary/aromatic N) is 1. The summed E-state index contributed by atoms with van der Waals surface area (Å²) in [5, 5.41) is 9.00. The Bertz CT molecular complexity index is 1080. The molecule has 1 aromatic heterocycles. The molecule has 8 heteroatoms. The van der Waals surface area contributed by atoms with E-state index in [2.05, 4.69) is 10.3 Å². The second kappa shape index (κ2) is 7.11. The number of fused-ring (bicyclic) bond motifs is 1. The lowest BCUT2D eigenvalue weighted by molar-refractivity contribution is 0.0527. The van der Waals surface area contributed by atoms with Gasteiger partial charge in [-0.2, -0.15) is 0 Å². The minimum atomic E-state index is -3.84. The topological polar surface area (TPSA) is 111 Å². The van der Waals surface area contributed by atoms with Crippen LogP contribution in [0.4, 0.5) is 11.4 Å². The minimum Gasteiger partial charge on any atom is -0.462 e. The van der Waals surface area contributed by atoms with Gasteiger partial charge >= 0.3 is 5.97 Å². The highest BCUT2D eigenvalue weighted by Gasteiger charge is 2.17. The summed E-state index contributed by atoms with van der Waals surface area (Å²) in [7, 11) is -3.84. The van der Waals surface area contributed by atoms with Crippen LogP contribution in [0.3, 0.4) is 0 Å². The van der Waals surface area contributed by atoms with E-state index in [1.54, 1.807) is 19.1 Å². The second-order valence-electron chi connectivity index (χ2n) is 5.48. The number of esters is 1.